The molecule has 3 aromatic heterocycles. The van der Waals surface area contributed by atoms with E-state index < -0.39 is 0 Å². The molecular formula is C31H31N7O3. The number of nitrogens with zero attached hydrogens (tertiary/aromatic N) is 6. The second-order valence-corrected chi connectivity index (χ2v) is 9.19. The molecule has 41 heavy (non-hydrogen) atoms. The fourth-order valence-electron chi connectivity index (χ4n) is 4.25. The summed E-state index contributed by atoms with van der Waals surface area (Å²) in [5, 5.41) is 3.37. The first-order chi connectivity index (χ1) is 20.0. The number of aromatic nitrogens is 5. The Bertz CT molecular complexity index is 1530. The van der Waals surface area contributed by atoms with E-state index >= 15 is 0 Å². The van der Waals surface area contributed by atoms with Gasteiger partial charge in [0.25, 0.3) is 0 Å². The first kappa shape index (κ1) is 27.3. The van der Waals surface area contributed by atoms with E-state index in [0.717, 1.165) is 39.6 Å². The van der Waals surface area contributed by atoms with Gasteiger partial charge in [-0.25, -0.2) is 9.97 Å². The van der Waals surface area contributed by atoms with E-state index in [1.165, 1.54) is 0 Å². The zero-order valence-corrected chi connectivity index (χ0v) is 23.4. The third-order valence-corrected chi connectivity index (χ3v) is 6.37. The molecule has 3 heterocycles. The van der Waals surface area contributed by atoms with E-state index in [1.807, 2.05) is 67.6 Å². The van der Waals surface area contributed by atoms with Crippen LogP contribution in [0.25, 0.3) is 11.4 Å². The van der Waals surface area contributed by atoms with Crippen LogP contribution in [0.2, 0.25) is 0 Å². The lowest BCUT2D eigenvalue weighted by Gasteiger charge is -2.24. The number of methoxy groups -OCH3 is 3. The highest BCUT2D eigenvalue weighted by molar-refractivity contribution is 5.77. The van der Waals surface area contributed by atoms with Gasteiger partial charge >= 0.3 is 0 Å². The fourth-order valence-corrected chi connectivity index (χ4v) is 4.25. The monoisotopic (exact) mass is 549 g/mol. The molecule has 0 radical (unpaired) electrons. The van der Waals surface area contributed by atoms with Gasteiger partial charge in [-0.05, 0) is 54.4 Å². The summed E-state index contributed by atoms with van der Waals surface area (Å²) in [6, 6.07) is 21.5. The molecule has 0 unspecified atom stereocenters. The lowest BCUT2D eigenvalue weighted by Crippen LogP contribution is -2.25. The normalized spacial score (nSPS) is 10.6. The van der Waals surface area contributed by atoms with E-state index in [0.29, 0.717) is 36.6 Å². The molecule has 0 spiro atoms. The molecule has 5 rings (SSSR count). The number of rotatable bonds is 11. The summed E-state index contributed by atoms with van der Waals surface area (Å²) in [6.07, 6.45) is 5.16. The molecule has 0 saturated heterocycles. The first-order valence-corrected chi connectivity index (χ1v) is 13.0. The summed E-state index contributed by atoms with van der Waals surface area (Å²) in [7, 11) is 4.91. The van der Waals surface area contributed by atoms with Crippen LogP contribution in [0, 0.1) is 6.92 Å². The number of aryl methyl sites for hydroxylation is 1. The largest absolute Gasteiger partial charge is 0.497 e. The lowest BCUT2D eigenvalue weighted by atomic mass is 10.1. The topological polar surface area (TPSA) is 107 Å². The third-order valence-electron chi connectivity index (χ3n) is 6.37. The van der Waals surface area contributed by atoms with Crippen molar-refractivity contribution in [3.63, 3.8) is 0 Å². The minimum atomic E-state index is 0.535. The Hall–Kier alpha value is -5.25. The predicted molar refractivity (Wildman–Crippen MR) is 158 cm³/mol. The van der Waals surface area contributed by atoms with Crippen molar-refractivity contribution in [1.82, 2.24) is 24.9 Å². The number of anilines is 3. The van der Waals surface area contributed by atoms with Gasteiger partial charge in [0.1, 0.15) is 17.3 Å². The van der Waals surface area contributed by atoms with Crippen molar-refractivity contribution < 1.29 is 14.2 Å². The Morgan fingerprint density at radius 3 is 1.93 bits per heavy atom. The maximum absolute atomic E-state index is 5.34. The van der Waals surface area contributed by atoms with Crippen LogP contribution in [0.15, 0.2) is 85.3 Å². The van der Waals surface area contributed by atoms with Gasteiger partial charge in [0.2, 0.25) is 11.8 Å². The van der Waals surface area contributed by atoms with Crippen LogP contribution in [0.4, 0.5) is 17.3 Å². The van der Waals surface area contributed by atoms with E-state index in [1.54, 1.807) is 46.0 Å². The average molecular weight is 550 g/mol. The summed E-state index contributed by atoms with van der Waals surface area (Å²) in [6.45, 7) is 3.03. The van der Waals surface area contributed by atoms with Gasteiger partial charge in [-0.15, -0.1) is 0 Å². The number of nitrogens with one attached hydrogen (secondary N) is 1. The molecule has 1 N–H and O–H groups in total. The summed E-state index contributed by atoms with van der Waals surface area (Å²) >= 11 is 0. The molecule has 10 heteroatoms. The highest BCUT2D eigenvalue weighted by atomic mass is 16.5. The number of ether oxygens (including phenoxy) is 3. The van der Waals surface area contributed by atoms with Gasteiger partial charge < -0.3 is 24.4 Å². The molecule has 0 bridgehead atoms. The Morgan fingerprint density at radius 2 is 1.37 bits per heavy atom. The van der Waals surface area contributed by atoms with Crippen molar-refractivity contribution in [3.05, 3.63) is 102 Å². The van der Waals surface area contributed by atoms with Crippen LogP contribution >= 0.6 is 0 Å². The molecule has 10 nitrogen and oxygen atoms in total. The summed E-state index contributed by atoms with van der Waals surface area (Å²) in [4.78, 5) is 25.1. The standard InChI is InChI=1S/C31H31N7O3/c1-21-34-30(27-15-16-32-18-28(27)36-24-9-14-29(41-4)33-17-24)37-31(35-21)38(19-22-5-10-25(39-2)11-6-22)20-23-7-12-26(40-3)13-8-23/h5-18,36H,19-20H2,1-4H3. The molecule has 0 fully saturated rings. The maximum Gasteiger partial charge on any atom is 0.229 e. The molecule has 0 aliphatic heterocycles. The minimum Gasteiger partial charge on any atom is -0.497 e. The Kier molecular flexibility index (Phi) is 8.49. The zero-order chi connectivity index (χ0) is 28.6. The maximum atomic E-state index is 5.34. The van der Waals surface area contributed by atoms with Crippen molar-refractivity contribution in [2.24, 2.45) is 0 Å². The van der Waals surface area contributed by atoms with Gasteiger partial charge in [-0.3, -0.25) is 4.98 Å². The second-order valence-electron chi connectivity index (χ2n) is 9.19. The van der Waals surface area contributed by atoms with Crippen LogP contribution in [-0.2, 0) is 13.1 Å². The Balaban J connectivity index is 1.50. The molecule has 0 aliphatic carbocycles. The van der Waals surface area contributed by atoms with Gasteiger partial charge in [0.05, 0.1) is 45.1 Å². The van der Waals surface area contributed by atoms with Crippen LogP contribution in [0.5, 0.6) is 17.4 Å². The van der Waals surface area contributed by atoms with Crippen LogP contribution in [0.1, 0.15) is 17.0 Å². The van der Waals surface area contributed by atoms with E-state index in [-0.39, 0.29) is 0 Å². The molecule has 0 saturated carbocycles. The van der Waals surface area contributed by atoms with Crippen molar-refractivity contribution in [3.8, 4) is 28.8 Å². The van der Waals surface area contributed by atoms with E-state index in [4.69, 9.17) is 29.2 Å². The Morgan fingerprint density at radius 1 is 0.707 bits per heavy atom. The van der Waals surface area contributed by atoms with Crippen LogP contribution < -0.4 is 24.4 Å². The van der Waals surface area contributed by atoms with Crippen molar-refractivity contribution >= 4 is 17.3 Å². The SMILES string of the molecule is COc1ccc(CN(Cc2ccc(OC)cc2)c2nc(C)nc(-c3ccncc3Nc3ccc(OC)nc3)n2)cc1. The number of hydrogen-bond acceptors (Lipinski definition) is 10. The third kappa shape index (κ3) is 6.85. The van der Waals surface area contributed by atoms with Crippen molar-refractivity contribution in [2.45, 2.75) is 20.0 Å². The molecule has 0 atom stereocenters. The van der Waals surface area contributed by atoms with Crippen LogP contribution in [0.3, 0.4) is 0 Å². The zero-order valence-electron chi connectivity index (χ0n) is 23.4. The van der Waals surface area contributed by atoms with Crippen LogP contribution in [-0.4, -0.2) is 46.2 Å². The Labute approximate surface area is 239 Å². The second kappa shape index (κ2) is 12.7. The number of hydrogen-bond donors (Lipinski definition) is 1. The van der Waals surface area contributed by atoms with Gasteiger partial charge in [0.15, 0.2) is 5.82 Å². The van der Waals surface area contributed by atoms with E-state index in [2.05, 4.69) is 20.2 Å². The highest BCUT2D eigenvalue weighted by Crippen LogP contribution is 2.29. The highest BCUT2D eigenvalue weighted by Gasteiger charge is 2.17. The molecule has 208 valence electrons. The molecule has 0 amide bonds. The molecule has 0 aliphatic rings. The first-order valence-electron chi connectivity index (χ1n) is 13.0. The summed E-state index contributed by atoms with van der Waals surface area (Å²) < 4.78 is 15.9. The van der Waals surface area contributed by atoms with Crippen molar-refractivity contribution in [2.75, 3.05) is 31.5 Å². The number of benzene rings is 2. The smallest absolute Gasteiger partial charge is 0.229 e. The van der Waals surface area contributed by atoms with Gasteiger partial charge in [-0.1, -0.05) is 24.3 Å². The molecular weight excluding hydrogens is 518 g/mol. The summed E-state index contributed by atoms with van der Waals surface area (Å²) in [5.41, 5.74) is 4.50. The van der Waals surface area contributed by atoms with Gasteiger partial charge in [-0.2, -0.15) is 9.97 Å². The predicted octanol–water partition coefficient (Wildman–Crippen LogP) is 5.61. The van der Waals surface area contributed by atoms with E-state index in [9.17, 15) is 0 Å². The lowest BCUT2D eigenvalue weighted by molar-refractivity contribution is 0.398. The quantitative estimate of drug-likeness (QED) is 0.223. The fraction of sp³-hybridized carbons (Fsp3) is 0.194. The minimum absolute atomic E-state index is 0.535. The summed E-state index contributed by atoms with van der Waals surface area (Å²) in [5.74, 6) is 3.85. The van der Waals surface area contributed by atoms with Gasteiger partial charge in [0, 0.05) is 30.9 Å². The number of pyridine rings is 2. The molecule has 2 aromatic carbocycles. The molecule has 5 aromatic rings. The van der Waals surface area contributed by atoms with Crippen molar-refractivity contribution in [1.29, 1.82) is 0 Å². The average Bonchev–Trinajstić information content (AvgIpc) is 3.02.